The van der Waals surface area contributed by atoms with Crippen molar-refractivity contribution in [3.63, 3.8) is 0 Å². The van der Waals surface area contributed by atoms with E-state index in [1.54, 1.807) is 0 Å². The van der Waals surface area contributed by atoms with Gasteiger partial charge in [0.2, 0.25) is 5.13 Å². The zero-order valence-corrected chi connectivity index (χ0v) is 10.2. The van der Waals surface area contributed by atoms with E-state index >= 15 is 0 Å². The van der Waals surface area contributed by atoms with Crippen molar-refractivity contribution in [2.45, 2.75) is 32.2 Å². The first-order chi connectivity index (χ1) is 8.13. The molecule has 7 nitrogen and oxygen atoms in total. The molecule has 0 radical (unpaired) electrons. The molecule has 0 aromatic carbocycles. The van der Waals surface area contributed by atoms with Crippen LogP contribution in [0.3, 0.4) is 0 Å². The molecule has 2 amide bonds. The normalized spacial score (nSPS) is 11.8. The molecular formula is C9H14N4O3S. The summed E-state index contributed by atoms with van der Waals surface area (Å²) in [5.41, 5.74) is 1.47. The van der Waals surface area contributed by atoms with Gasteiger partial charge in [0.05, 0.1) is 0 Å². The van der Waals surface area contributed by atoms with Gasteiger partial charge in [-0.2, -0.15) is 0 Å². The summed E-state index contributed by atoms with van der Waals surface area (Å²) in [6.07, 6.45) is 2.04. The maximum atomic E-state index is 11.4. The van der Waals surface area contributed by atoms with E-state index in [0.717, 1.165) is 24.2 Å². The van der Waals surface area contributed by atoms with Crippen molar-refractivity contribution in [1.82, 2.24) is 15.5 Å². The molecule has 0 aliphatic heterocycles. The Morgan fingerprint density at radius 1 is 1.59 bits per heavy atom. The molecule has 1 atom stereocenters. The number of carboxylic acid groups (broad SMARTS) is 1. The van der Waals surface area contributed by atoms with E-state index in [-0.39, 0.29) is 0 Å². The van der Waals surface area contributed by atoms with Gasteiger partial charge in [0.15, 0.2) is 0 Å². The SMILES string of the molecule is CCCC[C@H](NC(=O)Nc1nncs1)C(=O)O. The third-order valence-corrected chi connectivity index (χ3v) is 2.64. The summed E-state index contributed by atoms with van der Waals surface area (Å²) in [4.78, 5) is 22.3. The van der Waals surface area contributed by atoms with Gasteiger partial charge in [-0.25, -0.2) is 9.59 Å². The highest BCUT2D eigenvalue weighted by molar-refractivity contribution is 7.13. The molecule has 0 unspecified atom stereocenters. The minimum atomic E-state index is -1.04. The Labute approximate surface area is 102 Å². The van der Waals surface area contributed by atoms with E-state index in [4.69, 9.17) is 5.11 Å². The van der Waals surface area contributed by atoms with Crippen LogP contribution in [0.4, 0.5) is 9.93 Å². The van der Waals surface area contributed by atoms with Crippen molar-refractivity contribution in [2.75, 3.05) is 5.32 Å². The predicted octanol–water partition coefficient (Wildman–Crippen LogP) is 1.30. The molecule has 0 saturated carbocycles. The van der Waals surface area contributed by atoms with Gasteiger partial charge in [0, 0.05) is 0 Å². The second kappa shape index (κ2) is 6.79. The first-order valence-electron chi connectivity index (χ1n) is 5.20. The molecule has 3 N–H and O–H groups in total. The van der Waals surface area contributed by atoms with Gasteiger partial charge in [-0.3, -0.25) is 5.32 Å². The number of aromatic nitrogens is 2. The molecule has 0 spiro atoms. The van der Waals surface area contributed by atoms with Crippen molar-refractivity contribution in [1.29, 1.82) is 0 Å². The van der Waals surface area contributed by atoms with E-state index in [0.29, 0.717) is 11.6 Å². The van der Waals surface area contributed by atoms with Crippen LogP contribution < -0.4 is 10.6 Å². The van der Waals surface area contributed by atoms with Gasteiger partial charge in [0.25, 0.3) is 0 Å². The quantitative estimate of drug-likeness (QED) is 0.713. The summed E-state index contributed by atoms with van der Waals surface area (Å²) in [5.74, 6) is -1.04. The lowest BCUT2D eigenvalue weighted by Gasteiger charge is -2.13. The minimum absolute atomic E-state index is 0.335. The second-order valence-electron chi connectivity index (χ2n) is 3.38. The number of carboxylic acids is 1. The summed E-state index contributed by atoms with van der Waals surface area (Å²) in [5, 5.41) is 21.2. The fourth-order valence-corrected chi connectivity index (χ4v) is 1.62. The lowest BCUT2D eigenvalue weighted by Crippen LogP contribution is -2.42. The van der Waals surface area contributed by atoms with Gasteiger partial charge in [0.1, 0.15) is 11.6 Å². The average molecular weight is 258 g/mol. The monoisotopic (exact) mass is 258 g/mol. The molecule has 0 bridgehead atoms. The Kier molecular flexibility index (Phi) is 5.34. The summed E-state index contributed by atoms with van der Waals surface area (Å²) < 4.78 is 0. The Hall–Kier alpha value is -1.70. The first kappa shape index (κ1) is 13.4. The number of aliphatic carboxylic acids is 1. The lowest BCUT2D eigenvalue weighted by molar-refractivity contribution is -0.139. The van der Waals surface area contributed by atoms with Gasteiger partial charge >= 0.3 is 12.0 Å². The molecule has 8 heteroatoms. The zero-order valence-electron chi connectivity index (χ0n) is 9.34. The number of rotatable bonds is 6. The van der Waals surface area contributed by atoms with Gasteiger partial charge in [-0.05, 0) is 6.42 Å². The van der Waals surface area contributed by atoms with E-state index in [1.807, 2.05) is 6.92 Å². The summed E-state index contributed by atoms with van der Waals surface area (Å²) in [6, 6.07) is -1.45. The number of hydrogen-bond donors (Lipinski definition) is 3. The number of hydrogen-bond acceptors (Lipinski definition) is 5. The summed E-state index contributed by atoms with van der Waals surface area (Å²) >= 11 is 1.16. The van der Waals surface area contributed by atoms with E-state index in [2.05, 4.69) is 20.8 Å². The number of amides is 2. The van der Waals surface area contributed by atoms with Crippen molar-refractivity contribution < 1.29 is 14.7 Å². The van der Waals surface area contributed by atoms with Crippen LogP contribution in [0.2, 0.25) is 0 Å². The van der Waals surface area contributed by atoms with Crippen LogP contribution in [0.25, 0.3) is 0 Å². The van der Waals surface area contributed by atoms with Crippen molar-refractivity contribution in [3.05, 3.63) is 5.51 Å². The van der Waals surface area contributed by atoms with Crippen LogP contribution in [0.15, 0.2) is 5.51 Å². The third kappa shape index (κ3) is 4.77. The molecule has 1 aromatic heterocycles. The fraction of sp³-hybridized carbons (Fsp3) is 0.556. The topological polar surface area (TPSA) is 104 Å². The number of urea groups is 1. The van der Waals surface area contributed by atoms with E-state index in [9.17, 15) is 9.59 Å². The predicted molar refractivity (Wildman–Crippen MR) is 63.0 cm³/mol. The number of carbonyl (C=O) groups excluding carboxylic acids is 1. The molecule has 1 aromatic rings. The second-order valence-corrected chi connectivity index (χ2v) is 4.21. The standard InChI is InChI=1S/C9H14N4O3S/c1-2-3-4-6(7(14)15)11-8(16)12-9-13-10-5-17-9/h5-6H,2-4H2,1H3,(H,14,15)(H2,11,12,13,16)/t6-/m0/s1. The molecule has 1 rings (SSSR count). The highest BCUT2D eigenvalue weighted by atomic mass is 32.1. The Bertz CT molecular complexity index is 368. The lowest BCUT2D eigenvalue weighted by atomic mass is 10.1. The summed E-state index contributed by atoms with van der Waals surface area (Å²) in [7, 11) is 0. The number of nitrogens with one attached hydrogen (secondary N) is 2. The van der Waals surface area contributed by atoms with Gasteiger partial charge in [-0.15, -0.1) is 10.2 Å². The fourth-order valence-electron chi connectivity index (χ4n) is 1.18. The molecule has 0 aliphatic carbocycles. The smallest absolute Gasteiger partial charge is 0.326 e. The molecule has 17 heavy (non-hydrogen) atoms. The van der Waals surface area contributed by atoms with Crippen LogP contribution in [0, 0.1) is 0 Å². The number of nitrogens with zero attached hydrogens (tertiary/aromatic N) is 2. The van der Waals surface area contributed by atoms with Gasteiger partial charge < -0.3 is 10.4 Å². The maximum Gasteiger partial charge on any atom is 0.326 e. The average Bonchev–Trinajstić information content (AvgIpc) is 2.76. The first-order valence-corrected chi connectivity index (χ1v) is 6.08. The van der Waals surface area contributed by atoms with Crippen LogP contribution in [0.5, 0.6) is 0 Å². The van der Waals surface area contributed by atoms with Crippen LogP contribution in [-0.4, -0.2) is 33.3 Å². The number of carbonyl (C=O) groups is 2. The largest absolute Gasteiger partial charge is 0.480 e. The molecular weight excluding hydrogens is 244 g/mol. The third-order valence-electron chi connectivity index (χ3n) is 2.03. The van der Waals surface area contributed by atoms with Crippen LogP contribution in [0.1, 0.15) is 26.2 Å². The van der Waals surface area contributed by atoms with Crippen LogP contribution >= 0.6 is 11.3 Å². The van der Waals surface area contributed by atoms with Crippen LogP contribution in [-0.2, 0) is 4.79 Å². The highest BCUT2D eigenvalue weighted by Gasteiger charge is 2.19. The van der Waals surface area contributed by atoms with Crippen molar-refractivity contribution in [3.8, 4) is 0 Å². The molecule has 1 heterocycles. The van der Waals surface area contributed by atoms with E-state index in [1.165, 1.54) is 5.51 Å². The Balaban J connectivity index is 2.43. The Morgan fingerprint density at radius 3 is 2.88 bits per heavy atom. The van der Waals surface area contributed by atoms with Crippen molar-refractivity contribution in [2.24, 2.45) is 0 Å². The maximum absolute atomic E-state index is 11.4. The summed E-state index contributed by atoms with van der Waals surface area (Å²) in [6.45, 7) is 1.96. The van der Waals surface area contributed by atoms with Crippen molar-refractivity contribution >= 4 is 28.5 Å². The molecule has 94 valence electrons. The number of anilines is 1. The number of unbranched alkanes of at least 4 members (excludes halogenated alkanes) is 1. The highest BCUT2D eigenvalue weighted by Crippen LogP contribution is 2.08. The Morgan fingerprint density at radius 2 is 2.35 bits per heavy atom. The van der Waals surface area contributed by atoms with E-state index < -0.39 is 18.0 Å². The minimum Gasteiger partial charge on any atom is -0.480 e. The molecule has 0 saturated heterocycles. The zero-order chi connectivity index (χ0) is 12.7. The molecule has 0 fully saturated rings. The van der Waals surface area contributed by atoms with Gasteiger partial charge in [-0.1, -0.05) is 31.1 Å². The molecule has 0 aliphatic rings.